The van der Waals surface area contributed by atoms with Gasteiger partial charge in [-0.3, -0.25) is 4.79 Å². The summed E-state index contributed by atoms with van der Waals surface area (Å²) in [7, 11) is 0.183. The van der Waals surface area contributed by atoms with Crippen molar-refractivity contribution < 1.29 is 14.8 Å². The molecule has 0 fully saturated rings. The maximum Gasteiger partial charge on any atom is 0.488 e. The maximum absolute atomic E-state index is 12.2. The number of benzene rings is 2. The zero-order valence-corrected chi connectivity index (χ0v) is 10.5. The van der Waals surface area contributed by atoms with Gasteiger partial charge in [0, 0.05) is 18.3 Å². The predicted molar refractivity (Wildman–Crippen MR) is 82.2 cm³/mol. The molecule has 0 saturated heterocycles. The highest BCUT2D eigenvalue weighted by molar-refractivity contribution is 6.58. The minimum absolute atomic E-state index is 0. The number of amides is 1. The third kappa shape index (κ3) is 3.47. The van der Waals surface area contributed by atoms with Crippen LogP contribution < -0.4 is 10.4 Å². The number of nitrogens with zero attached hydrogens (tertiary/aromatic N) is 1. The number of carbonyl (C=O) groups is 1. The van der Waals surface area contributed by atoms with Crippen LogP contribution in [0.15, 0.2) is 54.6 Å². The molecule has 2 N–H and O–H groups in total. The summed E-state index contributed by atoms with van der Waals surface area (Å²) < 4.78 is 0. The van der Waals surface area contributed by atoms with Crippen LogP contribution in [0.5, 0.6) is 0 Å². The van der Waals surface area contributed by atoms with Gasteiger partial charge in [0.25, 0.3) is 5.91 Å². The second-order valence-electron chi connectivity index (χ2n) is 4.20. The summed E-state index contributed by atoms with van der Waals surface area (Å²) in [5.41, 5.74) is 1.66. The monoisotopic (exact) mass is 271 g/mol. The summed E-state index contributed by atoms with van der Waals surface area (Å²) in [5, 5.41) is 18.0. The Morgan fingerprint density at radius 1 is 1.00 bits per heavy atom. The first-order valence-electron chi connectivity index (χ1n) is 5.89. The van der Waals surface area contributed by atoms with E-state index in [2.05, 4.69) is 0 Å². The molecule has 0 saturated carbocycles. The minimum Gasteiger partial charge on any atom is -0.423 e. The molecule has 0 radical (unpaired) electrons. The molecule has 0 bridgehead atoms. The van der Waals surface area contributed by atoms with Gasteiger partial charge >= 0.3 is 7.12 Å². The molecule has 5 heteroatoms. The van der Waals surface area contributed by atoms with Gasteiger partial charge in [0.15, 0.2) is 0 Å². The van der Waals surface area contributed by atoms with E-state index in [0.717, 1.165) is 5.69 Å². The lowest BCUT2D eigenvalue weighted by Crippen LogP contribution is -2.31. The van der Waals surface area contributed by atoms with Crippen molar-refractivity contribution in [2.75, 3.05) is 11.9 Å². The summed E-state index contributed by atoms with van der Waals surface area (Å²) in [5.74, 6) is -0.148. The molecule has 0 aliphatic heterocycles. The van der Waals surface area contributed by atoms with Crippen molar-refractivity contribution >= 4 is 24.2 Å². The molecule has 0 aliphatic rings. The fraction of sp³-hybridized carbons (Fsp3) is 0.133. The summed E-state index contributed by atoms with van der Waals surface area (Å²) in [6.45, 7) is 0. The highest BCUT2D eigenvalue weighted by Crippen LogP contribution is 2.14. The number of hydrogen-bond donors (Lipinski definition) is 2. The first-order valence-corrected chi connectivity index (χ1v) is 5.89. The van der Waals surface area contributed by atoms with Gasteiger partial charge < -0.3 is 14.9 Å². The Morgan fingerprint density at radius 2 is 1.55 bits per heavy atom. The molecule has 2 aromatic carbocycles. The van der Waals surface area contributed by atoms with Gasteiger partial charge in [-0.15, -0.1) is 0 Å². The summed E-state index contributed by atoms with van der Waals surface area (Å²) in [6, 6.07) is 15.5. The van der Waals surface area contributed by atoms with Crippen LogP contribution in [0.3, 0.4) is 0 Å². The van der Waals surface area contributed by atoms with Crippen molar-refractivity contribution in [2.24, 2.45) is 0 Å². The molecule has 2 aromatic rings. The number of hydrogen-bond acceptors (Lipinski definition) is 3. The number of para-hydroxylation sites is 1. The first-order chi connectivity index (χ1) is 9.09. The second kappa shape index (κ2) is 6.89. The summed E-state index contributed by atoms with van der Waals surface area (Å²) >= 11 is 0. The molecule has 0 heterocycles. The highest BCUT2D eigenvalue weighted by atomic mass is 16.4. The number of carbonyl (C=O) groups excluding carboxylic acids is 1. The molecule has 20 heavy (non-hydrogen) atoms. The molecule has 0 aromatic heterocycles. The van der Waals surface area contributed by atoms with Crippen LogP contribution in [0.1, 0.15) is 17.8 Å². The standard InChI is InChI=1S/C14H14BNO3.CH4/c1-16(13-5-3-2-4-6-13)14(17)11-7-9-12(10-8-11)15(18)19;/h2-10,18-19H,1H3;1H4. The fourth-order valence-corrected chi connectivity index (χ4v) is 1.76. The van der Waals surface area contributed by atoms with Crippen molar-refractivity contribution in [3.8, 4) is 0 Å². The van der Waals surface area contributed by atoms with E-state index >= 15 is 0 Å². The van der Waals surface area contributed by atoms with Gasteiger partial charge in [0.2, 0.25) is 0 Å². The zero-order valence-electron chi connectivity index (χ0n) is 10.5. The number of anilines is 1. The van der Waals surface area contributed by atoms with Crippen molar-refractivity contribution in [1.29, 1.82) is 0 Å². The van der Waals surface area contributed by atoms with Crippen molar-refractivity contribution in [2.45, 2.75) is 7.43 Å². The summed E-state index contributed by atoms with van der Waals surface area (Å²) in [4.78, 5) is 13.8. The van der Waals surface area contributed by atoms with Crippen LogP contribution in [0.25, 0.3) is 0 Å². The van der Waals surface area contributed by atoms with E-state index in [0.29, 0.717) is 11.0 Å². The third-order valence-electron chi connectivity index (χ3n) is 2.90. The Balaban J connectivity index is 0.00000200. The van der Waals surface area contributed by atoms with E-state index in [9.17, 15) is 4.79 Å². The van der Waals surface area contributed by atoms with Crippen LogP contribution in [0.2, 0.25) is 0 Å². The van der Waals surface area contributed by atoms with Crippen LogP contribution in [-0.4, -0.2) is 30.1 Å². The molecule has 0 aliphatic carbocycles. The Morgan fingerprint density at radius 3 is 2.05 bits per heavy atom. The Labute approximate surface area is 119 Å². The van der Waals surface area contributed by atoms with Gasteiger partial charge in [-0.05, 0) is 29.7 Å². The number of rotatable bonds is 3. The van der Waals surface area contributed by atoms with Gasteiger partial charge in [0.1, 0.15) is 0 Å². The molecule has 1 amide bonds. The second-order valence-corrected chi connectivity index (χ2v) is 4.20. The lowest BCUT2D eigenvalue weighted by Gasteiger charge is -2.17. The van der Waals surface area contributed by atoms with Crippen LogP contribution in [0.4, 0.5) is 5.69 Å². The summed E-state index contributed by atoms with van der Waals surface area (Å²) in [6.07, 6.45) is 0. The fourth-order valence-electron chi connectivity index (χ4n) is 1.76. The normalized spacial score (nSPS) is 9.55. The van der Waals surface area contributed by atoms with E-state index in [1.54, 1.807) is 24.1 Å². The van der Waals surface area contributed by atoms with Crippen LogP contribution in [-0.2, 0) is 0 Å². The molecule has 4 nitrogen and oxygen atoms in total. The third-order valence-corrected chi connectivity index (χ3v) is 2.90. The average molecular weight is 271 g/mol. The molecular formula is C15H18BNO3. The topological polar surface area (TPSA) is 60.8 Å². The van der Waals surface area contributed by atoms with E-state index in [-0.39, 0.29) is 13.3 Å². The van der Waals surface area contributed by atoms with Gasteiger partial charge in [-0.1, -0.05) is 37.8 Å². The largest absolute Gasteiger partial charge is 0.488 e. The molecule has 104 valence electrons. The highest BCUT2D eigenvalue weighted by Gasteiger charge is 2.15. The Hall–Kier alpha value is -2.11. The molecule has 0 unspecified atom stereocenters. The first kappa shape index (κ1) is 16.0. The smallest absolute Gasteiger partial charge is 0.423 e. The average Bonchev–Trinajstić information content (AvgIpc) is 2.46. The lowest BCUT2D eigenvalue weighted by molar-refractivity contribution is 0.0993. The van der Waals surface area contributed by atoms with Gasteiger partial charge in [0.05, 0.1) is 0 Å². The molecule has 2 rings (SSSR count). The van der Waals surface area contributed by atoms with E-state index in [1.807, 2.05) is 30.3 Å². The maximum atomic E-state index is 12.2. The van der Waals surface area contributed by atoms with Crippen molar-refractivity contribution in [3.05, 3.63) is 60.2 Å². The van der Waals surface area contributed by atoms with Crippen LogP contribution >= 0.6 is 0 Å². The molecule has 0 spiro atoms. The van der Waals surface area contributed by atoms with Gasteiger partial charge in [-0.25, -0.2) is 0 Å². The molecular weight excluding hydrogens is 253 g/mol. The van der Waals surface area contributed by atoms with E-state index < -0.39 is 7.12 Å². The quantitative estimate of drug-likeness (QED) is 0.827. The van der Waals surface area contributed by atoms with E-state index in [4.69, 9.17) is 10.0 Å². The minimum atomic E-state index is -1.52. The van der Waals surface area contributed by atoms with Crippen molar-refractivity contribution in [3.63, 3.8) is 0 Å². The molecule has 0 atom stereocenters. The zero-order chi connectivity index (χ0) is 13.8. The van der Waals surface area contributed by atoms with Crippen LogP contribution in [0, 0.1) is 0 Å². The Bertz CT molecular complexity index is 555. The SMILES string of the molecule is C.CN(C(=O)c1ccc(B(O)O)cc1)c1ccccc1. The lowest BCUT2D eigenvalue weighted by atomic mass is 9.80. The predicted octanol–water partition coefficient (Wildman–Crippen LogP) is 1.28. The van der Waals surface area contributed by atoms with Gasteiger partial charge in [-0.2, -0.15) is 0 Å². The van der Waals surface area contributed by atoms with Crippen molar-refractivity contribution in [1.82, 2.24) is 0 Å². The Kier molecular flexibility index (Phi) is 5.49. The van der Waals surface area contributed by atoms with E-state index in [1.165, 1.54) is 12.1 Å².